The number of hydrogen-bond donors (Lipinski definition) is 0. The summed E-state index contributed by atoms with van der Waals surface area (Å²) < 4.78 is 1.11. The maximum absolute atomic E-state index is 4.71. The monoisotopic (exact) mass is 436 g/mol. The van der Waals surface area contributed by atoms with E-state index < -0.39 is 0 Å². The first-order valence-electron chi connectivity index (χ1n) is 13.5. The van der Waals surface area contributed by atoms with Gasteiger partial charge in [0, 0.05) is 25.7 Å². The molecule has 0 radical (unpaired) electrons. The number of halogens is 1. The third kappa shape index (κ3) is 8.30. The first-order chi connectivity index (χ1) is 14.4. The van der Waals surface area contributed by atoms with Crippen LogP contribution in [0.1, 0.15) is 141 Å². The number of nitrogens with zero attached hydrogens (tertiary/aromatic N) is 2. The Hall–Kier alpha value is -0.340. The molecule has 0 unspecified atom stereocenters. The van der Waals surface area contributed by atoms with E-state index in [0.717, 1.165) is 16.6 Å². The van der Waals surface area contributed by atoms with Crippen LogP contribution in [0.2, 0.25) is 0 Å². The van der Waals surface area contributed by atoms with Crippen LogP contribution in [0.5, 0.6) is 0 Å². The summed E-state index contributed by atoms with van der Waals surface area (Å²) >= 11 is 0. The van der Waals surface area contributed by atoms with Gasteiger partial charge in [-0.05, 0) is 25.7 Å². The summed E-state index contributed by atoms with van der Waals surface area (Å²) in [6, 6.07) is 1.55. The fraction of sp³-hybridized carbons (Fsp3) is 0.889. The van der Waals surface area contributed by atoms with Gasteiger partial charge in [0.1, 0.15) is 6.20 Å². The minimum Gasteiger partial charge on any atom is -1.00 e. The Morgan fingerprint density at radius 3 is 1.03 bits per heavy atom. The molecule has 174 valence electrons. The number of hydrogen-bond acceptors (Lipinski definition) is 1. The Morgan fingerprint density at radius 2 is 0.767 bits per heavy atom. The van der Waals surface area contributed by atoms with E-state index in [9.17, 15) is 0 Å². The molecule has 0 atom stereocenters. The zero-order valence-electron chi connectivity index (χ0n) is 19.7. The summed E-state index contributed by atoms with van der Waals surface area (Å²) in [4.78, 5) is 4.71. The van der Waals surface area contributed by atoms with Gasteiger partial charge in [0.05, 0.1) is 18.3 Å². The smallest absolute Gasteiger partial charge is 0.195 e. The Bertz CT molecular complexity index is 419. The maximum Gasteiger partial charge on any atom is 0.195 e. The largest absolute Gasteiger partial charge is 1.00 e. The molecule has 0 saturated heterocycles. The van der Waals surface area contributed by atoms with Crippen LogP contribution in [0.3, 0.4) is 0 Å². The first-order valence-corrected chi connectivity index (χ1v) is 13.5. The fourth-order valence-corrected chi connectivity index (χ4v) is 6.25. The van der Waals surface area contributed by atoms with Crippen LogP contribution in [0.25, 0.3) is 0 Å². The van der Waals surface area contributed by atoms with E-state index in [2.05, 4.69) is 18.7 Å². The van der Waals surface area contributed by atoms with Gasteiger partial charge in [0.25, 0.3) is 0 Å². The van der Waals surface area contributed by atoms with E-state index in [1.54, 1.807) is 0 Å². The van der Waals surface area contributed by atoms with Crippen LogP contribution in [0.4, 0.5) is 0 Å². The zero-order valence-corrected chi connectivity index (χ0v) is 20.5. The van der Waals surface area contributed by atoms with E-state index in [4.69, 9.17) is 4.99 Å². The van der Waals surface area contributed by atoms with Gasteiger partial charge in [-0.25, -0.2) is 9.48 Å². The lowest BCUT2D eigenvalue weighted by Crippen LogP contribution is -3.00. The number of quaternary nitrogens is 1. The van der Waals surface area contributed by atoms with Crippen LogP contribution >= 0.6 is 0 Å². The molecule has 2 nitrogen and oxygen atoms in total. The van der Waals surface area contributed by atoms with Crippen LogP contribution in [-0.2, 0) is 0 Å². The quantitative estimate of drug-likeness (QED) is 0.494. The van der Waals surface area contributed by atoms with Crippen molar-refractivity contribution < 1.29 is 16.9 Å². The lowest BCUT2D eigenvalue weighted by molar-refractivity contribution is -0.837. The molecule has 0 spiro atoms. The highest BCUT2D eigenvalue weighted by Crippen LogP contribution is 2.35. The molecular weight excluding hydrogens is 388 g/mol. The molecule has 1 aliphatic heterocycles. The van der Waals surface area contributed by atoms with Gasteiger partial charge >= 0.3 is 0 Å². The van der Waals surface area contributed by atoms with Gasteiger partial charge in [0.15, 0.2) is 6.34 Å². The van der Waals surface area contributed by atoms with Crippen molar-refractivity contribution in [3.63, 3.8) is 0 Å². The van der Waals surface area contributed by atoms with Crippen LogP contribution in [0.15, 0.2) is 17.4 Å². The zero-order chi connectivity index (χ0) is 20.0. The van der Waals surface area contributed by atoms with Gasteiger partial charge in [0.2, 0.25) is 0 Å². The van der Waals surface area contributed by atoms with Gasteiger partial charge < -0.3 is 12.4 Å². The Kier molecular flexibility index (Phi) is 13.4. The molecule has 0 bridgehead atoms. The lowest BCUT2D eigenvalue weighted by atomic mass is 9.90. The minimum absolute atomic E-state index is 0. The molecule has 0 aromatic rings. The second-order valence-electron chi connectivity index (χ2n) is 10.3. The Balaban J connectivity index is 0.00000320. The van der Waals surface area contributed by atoms with Crippen LogP contribution in [-0.4, -0.2) is 22.9 Å². The van der Waals surface area contributed by atoms with Crippen molar-refractivity contribution in [1.29, 1.82) is 0 Å². The topological polar surface area (TPSA) is 12.4 Å². The summed E-state index contributed by atoms with van der Waals surface area (Å²) in [7, 11) is 0. The van der Waals surface area contributed by atoms with Crippen molar-refractivity contribution in [2.24, 2.45) is 4.99 Å². The highest BCUT2D eigenvalue weighted by molar-refractivity contribution is 5.51. The highest BCUT2D eigenvalue weighted by Gasteiger charge is 2.42. The van der Waals surface area contributed by atoms with E-state index in [1.807, 2.05) is 0 Å². The van der Waals surface area contributed by atoms with Crippen LogP contribution in [0, 0.1) is 0 Å². The van der Waals surface area contributed by atoms with Gasteiger partial charge in [-0.1, -0.05) is 89.9 Å². The van der Waals surface area contributed by atoms with Crippen molar-refractivity contribution in [2.75, 3.05) is 0 Å². The van der Waals surface area contributed by atoms with Crippen molar-refractivity contribution in [2.45, 2.75) is 153 Å². The predicted octanol–water partition coefficient (Wildman–Crippen LogP) is 5.67. The molecule has 3 rings (SSSR count). The van der Waals surface area contributed by atoms with Gasteiger partial charge in [-0.3, -0.25) is 0 Å². The van der Waals surface area contributed by atoms with Crippen molar-refractivity contribution in [1.82, 2.24) is 0 Å². The predicted molar refractivity (Wildman–Crippen MR) is 127 cm³/mol. The van der Waals surface area contributed by atoms with Crippen molar-refractivity contribution in [3.8, 4) is 0 Å². The fourth-order valence-electron chi connectivity index (χ4n) is 6.25. The van der Waals surface area contributed by atoms with Crippen LogP contribution < -0.4 is 12.4 Å². The van der Waals surface area contributed by atoms with Crippen molar-refractivity contribution >= 4 is 6.34 Å². The standard InChI is InChI=1S/C27H49N2.ClH/c1-3-7-11-15-19-26(20-16-12-8-4-1)29(24-23-28-25-29)27-21-17-13-9-5-2-6-10-14-18-22-27;/h23-27H,1-22H2;1H/q+1;/p-1. The van der Waals surface area contributed by atoms with Gasteiger partial charge in [-0.2, -0.15) is 0 Å². The number of rotatable bonds is 2. The van der Waals surface area contributed by atoms with Crippen molar-refractivity contribution in [3.05, 3.63) is 12.4 Å². The molecule has 3 heteroatoms. The molecule has 1 heterocycles. The van der Waals surface area contributed by atoms with Gasteiger partial charge in [-0.15, -0.1) is 0 Å². The third-order valence-corrected chi connectivity index (χ3v) is 8.09. The molecule has 0 aromatic carbocycles. The minimum atomic E-state index is 0. The molecule has 0 N–H and O–H groups in total. The number of aliphatic imine (C=N–C) groups is 1. The lowest BCUT2D eigenvalue weighted by Gasteiger charge is -2.43. The Morgan fingerprint density at radius 1 is 0.467 bits per heavy atom. The molecule has 2 fully saturated rings. The summed E-state index contributed by atoms with van der Waals surface area (Å²) in [5.41, 5.74) is 0. The maximum atomic E-state index is 4.71. The first kappa shape index (κ1) is 25.9. The molecule has 0 aromatic heterocycles. The molecule has 0 amide bonds. The van der Waals surface area contributed by atoms with E-state index >= 15 is 0 Å². The molecule has 2 aliphatic carbocycles. The molecule has 3 aliphatic rings. The average molecular weight is 437 g/mol. The summed E-state index contributed by atoms with van der Waals surface area (Å²) in [6.07, 6.45) is 38.8. The summed E-state index contributed by atoms with van der Waals surface area (Å²) in [5, 5.41) is 0. The Labute approximate surface area is 194 Å². The third-order valence-electron chi connectivity index (χ3n) is 8.09. The van der Waals surface area contributed by atoms with E-state index in [1.165, 1.54) is 141 Å². The second-order valence-corrected chi connectivity index (χ2v) is 10.3. The van der Waals surface area contributed by atoms with E-state index in [0.29, 0.717) is 0 Å². The molecule has 30 heavy (non-hydrogen) atoms. The molecule has 2 saturated carbocycles. The van der Waals surface area contributed by atoms with E-state index in [-0.39, 0.29) is 12.4 Å². The summed E-state index contributed by atoms with van der Waals surface area (Å²) in [5.74, 6) is 0. The average Bonchev–Trinajstić information content (AvgIpc) is 3.20. The molecular formula is C27H49ClN2. The second kappa shape index (κ2) is 15.5. The SMILES string of the molecule is C1=C[N+](C2CCCCCCCCCCC2)(C2CCCCCCCCCCC2)C=N1.[Cl-]. The summed E-state index contributed by atoms with van der Waals surface area (Å²) in [6.45, 7) is 0. The normalized spacial score (nSPS) is 26.5. The highest BCUT2D eigenvalue weighted by atomic mass is 35.5.